The number of hydrogen-bond donors (Lipinski definition) is 2. The van der Waals surface area contributed by atoms with Gasteiger partial charge in [0.15, 0.2) is 5.11 Å². The third kappa shape index (κ3) is 2.76. The first-order valence-corrected chi connectivity index (χ1v) is 4.71. The molecule has 0 fully saturated rings. The Labute approximate surface area is 96.6 Å². The van der Waals surface area contributed by atoms with Crippen molar-refractivity contribution in [2.75, 3.05) is 0 Å². The lowest BCUT2D eigenvalue weighted by Gasteiger charge is -2.00. The molecule has 0 radical (unpaired) electrons. The Kier molecular flexibility index (Phi) is 3.94. The van der Waals surface area contributed by atoms with Gasteiger partial charge in [-0.1, -0.05) is 29.8 Å². The number of rotatable bonds is 3. The topological polar surface area (TPSA) is 87.6 Å². The zero-order valence-corrected chi connectivity index (χ0v) is 9.19. The highest BCUT2D eigenvalue weighted by Gasteiger charge is 2.13. The van der Waals surface area contributed by atoms with Crippen LogP contribution in [0.5, 0.6) is 0 Å². The van der Waals surface area contributed by atoms with E-state index in [0.29, 0.717) is 10.6 Å². The summed E-state index contributed by atoms with van der Waals surface area (Å²) in [5.41, 5.74) is 7.55. The molecule has 0 saturated heterocycles. The molecule has 82 valence electrons. The summed E-state index contributed by atoms with van der Waals surface area (Å²) < 4.78 is 0. The van der Waals surface area contributed by atoms with Crippen molar-refractivity contribution < 1.29 is 9.90 Å². The highest BCUT2D eigenvalue weighted by molar-refractivity contribution is 6.32. The van der Waals surface area contributed by atoms with E-state index in [1.54, 1.807) is 12.1 Å². The second-order valence-electron chi connectivity index (χ2n) is 3.01. The zero-order valence-electron chi connectivity index (χ0n) is 8.44. The first-order valence-electron chi connectivity index (χ1n) is 4.34. The maximum Gasteiger partial charge on any atom is 0.362 e. The van der Waals surface area contributed by atoms with Crippen LogP contribution in [-0.2, 0) is 4.79 Å². The van der Waals surface area contributed by atoms with E-state index < -0.39 is 5.97 Å². The van der Waals surface area contributed by atoms with E-state index in [9.17, 15) is 4.79 Å². The predicted molar refractivity (Wildman–Crippen MR) is 59.1 cm³/mol. The number of aliphatic carboxylic acids is 1. The van der Waals surface area contributed by atoms with Gasteiger partial charge < -0.3 is 5.11 Å². The number of aryl methyl sites for hydroxylation is 1. The predicted octanol–water partition coefficient (Wildman–Crippen LogP) is 2.62. The molecule has 1 aromatic rings. The average Bonchev–Trinajstić information content (AvgIpc) is 2.23. The molecule has 1 rings (SSSR count). The van der Waals surface area contributed by atoms with Crippen molar-refractivity contribution in [3.05, 3.63) is 40.0 Å². The largest absolute Gasteiger partial charge is 0.476 e. The van der Waals surface area contributed by atoms with Crippen LogP contribution in [0.2, 0.25) is 5.02 Å². The van der Waals surface area contributed by atoms with E-state index in [1.807, 2.05) is 13.0 Å². The molecule has 0 aliphatic carbocycles. The molecule has 0 unspecified atom stereocenters. The van der Waals surface area contributed by atoms with Crippen LogP contribution < -0.4 is 4.91 Å². The summed E-state index contributed by atoms with van der Waals surface area (Å²) in [5.74, 6) is -1.26. The minimum absolute atomic E-state index is 0.331. The Hall–Kier alpha value is -1.97. The summed E-state index contributed by atoms with van der Waals surface area (Å²) in [5, 5.41) is 12.4. The molecule has 0 atom stereocenters. The fourth-order valence-corrected chi connectivity index (χ4v) is 1.30. The fourth-order valence-electron chi connectivity index (χ4n) is 1.12. The molecule has 0 saturated carbocycles. The third-order valence-electron chi connectivity index (χ3n) is 1.89. The zero-order chi connectivity index (χ0) is 12.1. The lowest BCUT2D eigenvalue weighted by molar-refractivity contribution is -0.132. The number of carboxylic acid groups (broad SMARTS) is 1. The van der Waals surface area contributed by atoms with Gasteiger partial charge in [-0.3, -0.25) is 0 Å². The average molecular weight is 239 g/mol. The van der Waals surface area contributed by atoms with E-state index in [0.717, 1.165) is 5.56 Å². The van der Waals surface area contributed by atoms with Crippen LogP contribution in [0.4, 0.5) is 0 Å². The molecule has 0 aliphatic heterocycles. The van der Waals surface area contributed by atoms with Crippen LogP contribution in [0.15, 0.2) is 29.0 Å². The second kappa shape index (κ2) is 5.21. The fraction of sp³-hybridized carbons (Fsp3) is 0.100. The summed E-state index contributed by atoms with van der Waals surface area (Å²) >= 11 is 5.99. The van der Waals surface area contributed by atoms with E-state index in [-0.39, 0.29) is 5.70 Å². The quantitative estimate of drug-likeness (QED) is 0.482. The maximum absolute atomic E-state index is 10.7. The summed E-state index contributed by atoms with van der Waals surface area (Å²) in [6.07, 6.45) is 1.27. The molecule has 0 spiro atoms. The van der Waals surface area contributed by atoms with E-state index in [2.05, 4.69) is 10.0 Å². The van der Waals surface area contributed by atoms with Gasteiger partial charge >= 0.3 is 5.97 Å². The van der Waals surface area contributed by atoms with Crippen LogP contribution in [-0.4, -0.2) is 11.1 Å². The molecule has 2 N–H and O–H groups in total. The molecular formula is C10H9ClN3O2+. The van der Waals surface area contributed by atoms with Crippen molar-refractivity contribution in [3.8, 4) is 0 Å². The van der Waals surface area contributed by atoms with Crippen molar-refractivity contribution in [1.82, 2.24) is 4.91 Å². The molecule has 1 aromatic carbocycles. The Morgan fingerprint density at radius 1 is 1.62 bits per heavy atom. The molecule has 0 aliphatic rings. The number of hydrogen-bond acceptors (Lipinski definition) is 3. The van der Waals surface area contributed by atoms with Gasteiger partial charge in [0.2, 0.25) is 10.6 Å². The summed E-state index contributed by atoms with van der Waals surface area (Å²) in [6.45, 7) is 1.81. The monoisotopic (exact) mass is 238 g/mol. The summed E-state index contributed by atoms with van der Waals surface area (Å²) in [6, 6.07) is 5.23. The first-order chi connectivity index (χ1) is 7.56. The van der Waals surface area contributed by atoms with Gasteiger partial charge in [0.25, 0.3) is 0 Å². The number of nitrogens with one attached hydrogen (secondary N) is 1. The number of carbonyl (C=O) groups is 1. The Balaban J connectivity index is 3.28. The Morgan fingerprint density at radius 3 is 2.88 bits per heavy atom. The normalized spacial score (nSPS) is 10.8. The molecule has 6 heteroatoms. The van der Waals surface area contributed by atoms with Gasteiger partial charge in [-0.2, -0.15) is 0 Å². The highest BCUT2D eigenvalue weighted by Crippen LogP contribution is 2.22. The molecule has 16 heavy (non-hydrogen) atoms. The molecule has 0 bridgehead atoms. The SMILES string of the molecule is Cc1cccc(/C=C(\N=[N+]=N)C(=O)O)c1Cl. The Morgan fingerprint density at radius 2 is 2.31 bits per heavy atom. The molecular weight excluding hydrogens is 230 g/mol. The minimum atomic E-state index is -1.26. The van der Waals surface area contributed by atoms with Crippen molar-refractivity contribution in [2.45, 2.75) is 6.92 Å². The van der Waals surface area contributed by atoms with E-state index in [1.165, 1.54) is 6.08 Å². The minimum Gasteiger partial charge on any atom is -0.476 e. The van der Waals surface area contributed by atoms with E-state index in [4.69, 9.17) is 22.2 Å². The number of halogens is 1. The van der Waals surface area contributed by atoms with Gasteiger partial charge in [-0.15, -0.1) is 0 Å². The van der Waals surface area contributed by atoms with Crippen molar-refractivity contribution in [3.63, 3.8) is 0 Å². The van der Waals surface area contributed by atoms with Crippen molar-refractivity contribution in [2.24, 2.45) is 5.11 Å². The van der Waals surface area contributed by atoms with Crippen LogP contribution in [0.1, 0.15) is 11.1 Å². The lowest BCUT2D eigenvalue weighted by atomic mass is 10.1. The van der Waals surface area contributed by atoms with E-state index >= 15 is 0 Å². The molecule has 5 nitrogen and oxygen atoms in total. The second-order valence-corrected chi connectivity index (χ2v) is 3.39. The van der Waals surface area contributed by atoms with Gasteiger partial charge in [-0.25, -0.2) is 4.79 Å². The lowest BCUT2D eigenvalue weighted by Crippen LogP contribution is -1.98. The number of benzene rings is 1. The number of nitrogens with zero attached hydrogens (tertiary/aromatic N) is 2. The van der Waals surface area contributed by atoms with Crippen molar-refractivity contribution >= 4 is 23.6 Å². The molecule has 0 amide bonds. The standard InChI is InChI=1S/C10H8ClN3O2/c1-6-3-2-4-7(9(6)11)5-8(10(15)16)13-14-12/h2-5,12H,1H3/p+1/b8-5-. The van der Waals surface area contributed by atoms with Gasteiger partial charge in [0.05, 0.1) is 5.02 Å². The highest BCUT2D eigenvalue weighted by atomic mass is 35.5. The van der Waals surface area contributed by atoms with Crippen molar-refractivity contribution in [1.29, 1.82) is 5.53 Å². The summed E-state index contributed by atoms with van der Waals surface area (Å²) in [7, 11) is 0. The number of carboxylic acids is 1. The molecule has 0 heterocycles. The first kappa shape index (κ1) is 12.1. The maximum atomic E-state index is 10.7. The van der Waals surface area contributed by atoms with Crippen LogP contribution in [0.25, 0.3) is 6.08 Å². The van der Waals surface area contributed by atoms with Crippen LogP contribution in [0.3, 0.4) is 0 Å². The van der Waals surface area contributed by atoms with Gasteiger partial charge in [0.1, 0.15) is 5.53 Å². The summed E-state index contributed by atoms with van der Waals surface area (Å²) in [4.78, 5) is 13.4. The molecule has 0 aromatic heterocycles. The third-order valence-corrected chi connectivity index (χ3v) is 2.41. The smallest absolute Gasteiger partial charge is 0.362 e. The van der Waals surface area contributed by atoms with Crippen LogP contribution >= 0.6 is 11.6 Å². The van der Waals surface area contributed by atoms with Crippen LogP contribution in [0, 0.1) is 12.5 Å². The Bertz CT molecular complexity index is 501. The van der Waals surface area contributed by atoms with Gasteiger partial charge in [0, 0.05) is 0 Å². The van der Waals surface area contributed by atoms with Gasteiger partial charge in [-0.05, 0) is 24.1 Å².